The monoisotopic (exact) mass is 368 g/mol. The minimum absolute atomic E-state index is 0.127. The lowest BCUT2D eigenvalue weighted by Gasteiger charge is -2.14. The minimum atomic E-state index is 0.127. The molecular formula is C17H18Cl2N2OS. The molecule has 0 amide bonds. The summed E-state index contributed by atoms with van der Waals surface area (Å²) in [4.78, 5) is 0. The fraction of sp³-hybridized carbons (Fsp3) is 0.235. The molecule has 2 aromatic carbocycles. The lowest BCUT2D eigenvalue weighted by molar-refractivity contribution is 0.242. The highest BCUT2D eigenvalue weighted by atomic mass is 35.5. The van der Waals surface area contributed by atoms with E-state index in [1.807, 2.05) is 44.2 Å². The van der Waals surface area contributed by atoms with E-state index < -0.39 is 0 Å². The lowest BCUT2D eigenvalue weighted by Crippen LogP contribution is -2.28. The number of ether oxygens (including phenoxy) is 1. The van der Waals surface area contributed by atoms with Gasteiger partial charge in [-0.15, -0.1) is 0 Å². The quantitative estimate of drug-likeness (QED) is 0.704. The number of anilines is 1. The molecule has 0 bridgehead atoms. The molecule has 0 aromatic heterocycles. The van der Waals surface area contributed by atoms with E-state index in [2.05, 4.69) is 10.6 Å². The van der Waals surface area contributed by atoms with Crippen molar-refractivity contribution in [3.05, 3.63) is 58.1 Å². The van der Waals surface area contributed by atoms with Gasteiger partial charge in [0, 0.05) is 28.3 Å². The SMILES string of the molecule is CC(C)Oc1cccc(NC(=S)NCc2ccc(Cl)cc2Cl)c1. The summed E-state index contributed by atoms with van der Waals surface area (Å²) >= 11 is 17.3. The number of halogens is 2. The predicted molar refractivity (Wildman–Crippen MR) is 102 cm³/mol. The third-order valence-electron chi connectivity index (χ3n) is 2.92. The van der Waals surface area contributed by atoms with Crippen LogP contribution in [0.3, 0.4) is 0 Å². The molecule has 122 valence electrons. The van der Waals surface area contributed by atoms with Gasteiger partial charge < -0.3 is 15.4 Å². The van der Waals surface area contributed by atoms with Gasteiger partial charge in [-0.1, -0.05) is 35.3 Å². The van der Waals surface area contributed by atoms with Gasteiger partial charge in [-0.2, -0.15) is 0 Å². The molecule has 0 aliphatic carbocycles. The maximum Gasteiger partial charge on any atom is 0.171 e. The molecule has 0 heterocycles. The molecule has 2 aromatic rings. The molecule has 0 saturated carbocycles. The van der Waals surface area contributed by atoms with E-state index in [4.69, 9.17) is 40.2 Å². The van der Waals surface area contributed by atoms with Crippen LogP contribution in [0.2, 0.25) is 10.0 Å². The summed E-state index contributed by atoms with van der Waals surface area (Å²) in [5.74, 6) is 0.800. The molecule has 0 radical (unpaired) electrons. The molecule has 0 fully saturated rings. The summed E-state index contributed by atoms with van der Waals surface area (Å²) in [6.07, 6.45) is 0.127. The maximum absolute atomic E-state index is 6.14. The van der Waals surface area contributed by atoms with Crippen LogP contribution in [0, 0.1) is 0 Å². The van der Waals surface area contributed by atoms with Crippen molar-refractivity contribution < 1.29 is 4.74 Å². The van der Waals surface area contributed by atoms with Gasteiger partial charge in [0.25, 0.3) is 0 Å². The second kappa shape index (κ2) is 8.39. The van der Waals surface area contributed by atoms with Gasteiger partial charge in [0.15, 0.2) is 5.11 Å². The Labute approximate surface area is 151 Å². The molecule has 0 saturated heterocycles. The Morgan fingerprint density at radius 1 is 1.17 bits per heavy atom. The van der Waals surface area contributed by atoms with E-state index in [0.717, 1.165) is 17.0 Å². The van der Waals surface area contributed by atoms with E-state index in [1.54, 1.807) is 12.1 Å². The van der Waals surface area contributed by atoms with Crippen molar-refractivity contribution in [2.75, 3.05) is 5.32 Å². The number of benzene rings is 2. The van der Waals surface area contributed by atoms with Gasteiger partial charge in [0.1, 0.15) is 5.75 Å². The lowest BCUT2D eigenvalue weighted by atomic mass is 10.2. The van der Waals surface area contributed by atoms with E-state index in [9.17, 15) is 0 Å². The molecule has 6 heteroatoms. The average Bonchev–Trinajstić information content (AvgIpc) is 2.46. The highest BCUT2D eigenvalue weighted by molar-refractivity contribution is 7.80. The molecule has 3 nitrogen and oxygen atoms in total. The van der Waals surface area contributed by atoms with Crippen molar-refractivity contribution in [2.45, 2.75) is 26.5 Å². The molecular weight excluding hydrogens is 351 g/mol. The maximum atomic E-state index is 6.14. The Kier molecular flexibility index (Phi) is 6.51. The first-order chi connectivity index (χ1) is 10.9. The van der Waals surface area contributed by atoms with E-state index in [0.29, 0.717) is 21.7 Å². The largest absolute Gasteiger partial charge is 0.491 e. The van der Waals surface area contributed by atoms with Gasteiger partial charge in [-0.25, -0.2) is 0 Å². The number of hydrogen-bond acceptors (Lipinski definition) is 2. The van der Waals surface area contributed by atoms with Crippen LogP contribution >= 0.6 is 35.4 Å². The first-order valence-electron chi connectivity index (χ1n) is 7.19. The molecule has 23 heavy (non-hydrogen) atoms. The predicted octanol–water partition coefficient (Wildman–Crippen LogP) is 5.27. The van der Waals surface area contributed by atoms with Gasteiger partial charge in [0.2, 0.25) is 0 Å². The fourth-order valence-corrected chi connectivity index (χ4v) is 2.60. The molecule has 2 rings (SSSR count). The summed E-state index contributed by atoms with van der Waals surface area (Å²) in [5.41, 5.74) is 1.79. The average molecular weight is 369 g/mol. The molecule has 0 atom stereocenters. The van der Waals surface area contributed by atoms with Crippen LogP contribution in [0.15, 0.2) is 42.5 Å². The summed E-state index contributed by atoms with van der Waals surface area (Å²) in [6.45, 7) is 4.49. The molecule has 0 spiro atoms. The Morgan fingerprint density at radius 2 is 1.96 bits per heavy atom. The van der Waals surface area contributed by atoms with Crippen LogP contribution < -0.4 is 15.4 Å². The van der Waals surface area contributed by atoms with Crippen LogP contribution in [0.1, 0.15) is 19.4 Å². The second-order valence-corrected chi connectivity index (χ2v) is 6.49. The number of thiocarbonyl (C=S) groups is 1. The fourth-order valence-electron chi connectivity index (χ4n) is 1.94. The van der Waals surface area contributed by atoms with Crippen LogP contribution in [-0.4, -0.2) is 11.2 Å². The first kappa shape index (κ1) is 17.9. The highest BCUT2D eigenvalue weighted by Crippen LogP contribution is 2.21. The highest BCUT2D eigenvalue weighted by Gasteiger charge is 2.04. The molecule has 0 aliphatic rings. The molecule has 0 aliphatic heterocycles. The van der Waals surface area contributed by atoms with Gasteiger partial charge in [-0.3, -0.25) is 0 Å². The van der Waals surface area contributed by atoms with Crippen molar-refractivity contribution in [2.24, 2.45) is 0 Å². The first-order valence-corrected chi connectivity index (χ1v) is 8.36. The van der Waals surface area contributed by atoms with Crippen LogP contribution in [0.5, 0.6) is 5.75 Å². The number of hydrogen-bond donors (Lipinski definition) is 2. The third kappa shape index (κ3) is 5.90. The van der Waals surface area contributed by atoms with Gasteiger partial charge in [0.05, 0.1) is 6.10 Å². The van der Waals surface area contributed by atoms with Crippen LogP contribution in [0.4, 0.5) is 5.69 Å². The topological polar surface area (TPSA) is 33.3 Å². The summed E-state index contributed by atoms with van der Waals surface area (Å²) in [5, 5.41) is 7.98. The summed E-state index contributed by atoms with van der Waals surface area (Å²) < 4.78 is 5.66. The Morgan fingerprint density at radius 3 is 2.65 bits per heavy atom. The van der Waals surface area contributed by atoms with E-state index in [-0.39, 0.29) is 6.10 Å². The summed E-state index contributed by atoms with van der Waals surface area (Å²) in [6, 6.07) is 13.0. The van der Waals surface area contributed by atoms with E-state index >= 15 is 0 Å². The van der Waals surface area contributed by atoms with Crippen molar-refractivity contribution >= 4 is 46.2 Å². The zero-order valence-electron chi connectivity index (χ0n) is 12.9. The Bertz CT molecular complexity index is 692. The van der Waals surface area contributed by atoms with E-state index in [1.165, 1.54) is 0 Å². The van der Waals surface area contributed by atoms with Crippen molar-refractivity contribution in [3.63, 3.8) is 0 Å². The zero-order valence-corrected chi connectivity index (χ0v) is 15.2. The third-order valence-corrected chi connectivity index (χ3v) is 3.75. The second-order valence-electron chi connectivity index (χ2n) is 5.24. The normalized spacial score (nSPS) is 10.5. The number of nitrogens with one attached hydrogen (secondary N) is 2. The Hall–Kier alpha value is -1.49. The van der Waals surface area contributed by atoms with Crippen molar-refractivity contribution in [1.29, 1.82) is 0 Å². The van der Waals surface area contributed by atoms with Crippen LogP contribution in [0.25, 0.3) is 0 Å². The minimum Gasteiger partial charge on any atom is -0.491 e. The van der Waals surface area contributed by atoms with Crippen molar-refractivity contribution in [1.82, 2.24) is 5.32 Å². The standard InChI is InChI=1S/C17H18Cl2N2OS/c1-11(2)22-15-5-3-4-14(9-15)21-17(23)20-10-12-6-7-13(18)8-16(12)19/h3-9,11H,10H2,1-2H3,(H2,20,21,23). The number of rotatable bonds is 5. The van der Waals surface area contributed by atoms with Gasteiger partial charge >= 0.3 is 0 Å². The van der Waals surface area contributed by atoms with Gasteiger partial charge in [-0.05, 0) is 55.9 Å². The molecule has 2 N–H and O–H groups in total. The molecule has 0 unspecified atom stereocenters. The smallest absolute Gasteiger partial charge is 0.171 e. The Balaban J connectivity index is 1.92. The van der Waals surface area contributed by atoms with Crippen molar-refractivity contribution in [3.8, 4) is 5.75 Å². The zero-order chi connectivity index (χ0) is 16.8. The van der Waals surface area contributed by atoms with Crippen LogP contribution in [-0.2, 0) is 6.54 Å². The summed E-state index contributed by atoms with van der Waals surface area (Å²) in [7, 11) is 0.